The average Bonchev–Trinajstić information content (AvgIpc) is 3.90. The van der Waals surface area contributed by atoms with Crippen molar-refractivity contribution in [3.8, 4) is 0 Å². The molecular weight excluding hydrogens is 787 g/mol. The monoisotopic (exact) mass is 874 g/mol. The number of unbranched alkanes of at least 4 members (excludes halogenated alkanes) is 17. The third kappa shape index (κ3) is 30.5. The van der Waals surface area contributed by atoms with E-state index in [2.05, 4.69) is 49.6 Å². The quantitative estimate of drug-likeness (QED) is 0.0386. The van der Waals surface area contributed by atoms with Gasteiger partial charge in [-0.15, -0.1) is 10.2 Å². The Balaban J connectivity index is 1.74. The number of carbonyl (C=O) groups is 3. The highest BCUT2D eigenvalue weighted by molar-refractivity contribution is 5.70. The first-order valence-corrected chi connectivity index (χ1v) is 24.4. The van der Waals surface area contributed by atoms with Crippen LogP contribution in [0.15, 0.2) is 12.4 Å². The fourth-order valence-corrected chi connectivity index (χ4v) is 7.19. The molecular formula is C47H87N9O6. The molecule has 0 aliphatic carbocycles. The lowest BCUT2D eigenvalue weighted by atomic mass is 10.1. The zero-order valence-electron chi connectivity index (χ0n) is 40.0. The summed E-state index contributed by atoms with van der Waals surface area (Å²) in [6, 6.07) is 0. The van der Waals surface area contributed by atoms with Crippen molar-refractivity contribution >= 4 is 18.0 Å². The molecule has 15 heteroatoms. The van der Waals surface area contributed by atoms with E-state index in [1.54, 1.807) is 0 Å². The minimum absolute atomic E-state index is 0.0837. The van der Waals surface area contributed by atoms with Crippen LogP contribution in [0, 0.1) is 0 Å². The Morgan fingerprint density at radius 3 is 1.44 bits per heavy atom. The zero-order chi connectivity index (χ0) is 45.1. The molecule has 0 aromatic carbocycles. The molecule has 0 saturated carbocycles. The predicted molar refractivity (Wildman–Crippen MR) is 245 cm³/mol. The summed E-state index contributed by atoms with van der Waals surface area (Å²) in [5.41, 5.74) is 0.746. The van der Waals surface area contributed by atoms with E-state index in [9.17, 15) is 14.4 Å². The van der Waals surface area contributed by atoms with E-state index in [0.717, 1.165) is 51.9 Å². The van der Waals surface area contributed by atoms with E-state index < -0.39 is 11.7 Å². The number of ether oxygens (including phenoxy) is 3. The number of hydrogen-bond donors (Lipinski definition) is 1. The van der Waals surface area contributed by atoms with Gasteiger partial charge in [-0.3, -0.25) is 19.0 Å². The van der Waals surface area contributed by atoms with Crippen LogP contribution in [0.4, 0.5) is 4.79 Å². The van der Waals surface area contributed by atoms with Crippen molar-refractivity contribution in [2.45, 2.75) is 214 Å². The maximum absolute atomic E-state index is 12.9. The smallest absolute Gasteiger partial charge is 0.407 e. The molecule has 2 aromatic rings. The number of nitrogens with zero attached hydrogens (tertiary/aromatic N) is 8. The number of rotatable bonds is 39. The zero-order valence-corrected chi connectivity index (χ0v) is 40.0. The molecule has 0 spiro atoms. The van der Waals surface area contributed by atoms with Crippen LogP contribution < -0.4 is 5.32 Å². The Labute approximate surface area is 375 Å². The molecule has 2 rings (SSSR count). The predicted octanol–water partition coefficient (Wildman–Crippen LogP) is 9.43. The van der Waals surface area contributed by atoms with Crippen molar-refractivity contribution in [1.82, 2.24) is 45.1 Å². The molecule has 0 saturated heterocycles. The van der Waals surface area contributed by atoms with Gasteiger partial charge in [-0.25, -0.2) is 4.79 Å². The minimum atomic E-state index is -0.527. The van der Waals surface area contributed by atoms with Gasteiger partial charge in [0.1, 0.15) is 30.2 Å². The van der Waals surface area contributed by atoms with Gasteiger partial charge in [0.25, 0.3) is 0 Å². The highest BCUT2D eigenvalue weighted by Gasteiger charge is 2.17. The van der Waals surface area contributed by atoms with Crippen LogP contribution in [0.2, 0.25) is 0 Å². The van der Waals surface area contributed by atoms with E-state index in [4.69, 9.17) is 14.2 Å². The Morgan fingerprint density at radius 2 is 1.00 bits per heavy atom. The summed E-state index contributed by atoms with van der Waals surface area (Å²) in [4.78, 5) is 42.0. The lowest BCUT2D eigenvalue weighted by Gasteiger charge is -2.23. The number of carbonyl (C=O) groups excluding carboxylic acids is 3. The third-order valence-corrected chi connectivity index (χ3v) is 10.8. The van der Waals surface area contributed by atoms with Gasteiger partial charge in [-0.2, -0.15) is 0 Å². The fraction of sp³-hybridized carbons (Fsp3) is 0.851. The van der Waals surface area contributed by atoms with Crippen LogP contribution in [-0.2, 0) is 50.1 Å². The Morgan fingerprint density at radius 1 is 0.581 bits per heavy atom. The van der Waals surface area contributed by atoms with Gasteiger partial charge in [0, 0.05) is 32.7 Å². The van der Waals surface area contributed by atoms with Gasteiger partial charge in [0.15, 0.2) is 0 Å². The molecule has 15 nitrogen and oxygen atoms in total. The fourth-order valence-electron chi connectivity index (χ4n) is 7.19. The number of hydrogen-bond acceptors (Lipinski definition) is 12. The molecule has 2 heterocycles. The SMILES string of the molecule is CCCCCCCCCCCCn1cc(COC(=O)CCN(CCCN(C)CCCNC(=O)OC(C)(C)C)CCC(=O)OCc2cn(CCCCCCCCCCC)nn2)nn1. The van der Waals surface area contributed by atoms with Gasteiger partial charge in [0.2, 0.25) is 0 Å². The third-order valence-electron chi connectivity index (χ3n) is 10.8. The highest BCUT2D eigenvalue weighted by Crippen LogP contribution is 2.13. The second-order valence-electron chi connectivity index (χ2n) is 18.1. The van der Waals surface area contributed by atoms with Crippen molar-refractivity contribution in [3.05, 3.63) is 23.8 Å². The van der Waals surface area contributed by atoms with Crippen LogP contribution in [-0.4, -0.2) is 110 Å². The van der Waals surface area contributed by atoms with E-state index in [0.29, 0.717) is 37.6 Å². The number of esters is 2. The van der Waals surface area contributed by atoms with Crippen LogP contribution in [0.3, 0.4) is 0 Å². The number of aryl methyl sites for hydroxylation is 2. The highest BCUT2D eigenvalue weighted by atomic mass is 16.6. The second kappa shape index (κ2) is 34.8. The summed E-state index contributed by atoms with van der Waals surface area (Å²) in [5, 5.41) is 19.7. The van der Waals surface area contributed by atoms with Gasteiger partial charge in [-0.1, -0.05) is 133 Å². The topological polar surface area (TPSA) is 159 Å². The summed E-state index contributed by atoms with van der Waals surface area (Å²) < 4.78 is 20.1. The number of aromatic nitrogens is 6. The largest absolute Gasteiger partial charge is 0.459 e. The molecule has 0 aliphatic rings. The summed E-state index contributed by atoms with van der Waals surface area (Å²) in [7, 11) is 2.05. The first-order chi connectivity index (χ1) is 30.0. The van der Waals surface area contributed by atoms with Crippen molar-refractivity contribution < 1.29 is 28.6 Å². The lowest BCUT2D eigenvalue weighted by Crippen LogP contribution is -2.35. The van der Waals surface area contributed by atoms with Gasteiger partial charge >= 0.3 is 18.0 Å². The van der Waals surface area contributed by atoms with Crippen molar-refractivity contribution in [1.29, 1.82) is 0 Å². The lowest BCUT2D eigenvalue weighted by molar-refractivity contribution is -0.145. The Bertz CT molecular complexity index is 1430. The van der Waals surface area contributed by atoms with Crippen molar-refractivity contribution in [2.75, 3.05) is 46.3 Å². The van der Waals surface area contributed by atoms with E-state index in [-0.39, 0.29) is 38.0 Å². The summed E-state index contributed by atoms with van der Waals surface area (Å²) in [6.45, 7) is 15.6. The maximum Gasteiger partial charge on any atom is 0.407 e. The molecule has 1 amide bonds. The van der Waals surface area contributed by atoms with Crippen molar-refractivity contribution in [3.63, 3.8) is 0 Å². The van der Waals surface area contributed by atoms with Crippen LogP contribution in [0.25, 0.3) is 0 Å². The van der Waals surface area contributed by atoms with Crippen molar-refractivity contribution in [2.24, 2.45) is 0 Å². The van der Waals surface area contributed by atoms with Gasteiger partial charge in [-0.05, 0) is 73.1 Å². The summed E-state index contributed by atoms with van der Waals surface area (Å²) in [6.07, 6.45) is 29.6. The van der Waals surface area contributed by atoms with E-state index in [1.165, 1.54) is 109 Å². The Kier molecular flexibility index (Phi) is 30.7. The van der Waals surface area contributed by atoms with E-state index >= 15 is 0 Å². The number of nitrogens with one attached hydrogen (secondary N) is 1. The molecule has 356 valence electrons. The van der Waals surface area contributed by atoms with Crippen LogP contribution in [0.1, 0.15) is 194 Å². The van der Waals surface area contributed by atoms with Crippen LogP contribution in [0.5, 0.6) is 0 Å². The molecule has 0 radical (unpaired) electrons. The number of alkyl carbamates (subject to hydrolysis) is 1. The molecule has 0 fully saturated rings. The maximum atomic E-state index is 12.9. The molecule has 0 unspecified atom stereocenters. The minimum Gasteiger partial charge on any atom is -0.459 e. The molecule has 2 aromatic heterocycles. The molecule has 0 bridgehead atoms. The first-order valence-electron chi connectivity index (χ1n) is 24.4. The first kappa shape index (κ1) is 54.5. The molecule has 1 N–H and O–H groups in total. The van der Waals surface area contributed by atoms with Gasteiger partial charge < -0.3 is 29.3 Å². The number of amides is 1. The molecule has 0 aliphatic heterocycles. The summed E-state index contributed by atoms with van der Waals surface area (Å²) in [5.74, 6) is -0.636. The van der Waals surface area contributed by atoms with Crippen LogP contribution >= 0.6 is 0 Å². The normalized spacial score (nSPS) is 11.7. The summed E-state index contributed by atoms with van der Waals surface area (Å²) >= 11 is 0. The second-order valence-corrected chi connectivity index (χ2v) is 18.1. The molecule has 0 atom stereocenters. The molecule has 62 heavy (non-hydrogen) atoms. The van der Waals surface area contributed by atoms with Gasteiger partial charge in [0.05, 0.1) is 25.2 Å². The average molecular weight is 874 g/mol. The standard InChI is InChI=1S/C47H87N9O6/c1-7-9-11-13-15-17-19-21-23-25-35-56-39-43(50-52-56)41-61-45(58)29-37-54(33-27-32-53(6)31-26-30-48-46(59)62-47(3,4)5)36-28-44(57)60-40-42-38-55(51-49-42)34-24-22-20-18-16-14-12-10-8-2/h38-39H,7-37,40-41H2,1-6H3,(H,48,59). The Hall–Kier alpha value is -3.59. The van der Waals surface area contributed by atoms with E-state index in [1.807, 2.05) is 49.6 Å².